The number of hydrogen-bond acceptors (Lipinski definition) is 2. The van der Waals surface area contributed by atoms with Crippen molar-refractivity contribution in [1.29, 1.82) is 0 Å². The Morgan fingerprint density at radius 2 is 0.912 bits per heavy atom. The number of anilines is 3. The van der Waals surface area contributed by atoms with Crippen LogP contribution in [-0.4, -0.2) is 4.57 Å². The molecule has 0 unspecified atom stereocenters. The van der Waals surface area contributed by atoms with Crippen LogP contribution < -0.4 is 4.90 Å². The summed E-state index contributed by atoms with van der Waals surface area (Å²) >= 11 is 0. The molecule has 0 aliphatic heterocycles. The molecule has 0 amide bonds. The Bertz CT molecular complexity index is 3190. The molecule has 0 spiro atoms. The summed E-state index contributed by atoms with van der Waals surface area (Å²) in [5.41, 5.74) is 15.5. The number of furan rings is 1. The van der Waals surface area contributed by atoms with Crippen molar-refractivity contribution in [1.82, 2.24) is 4.57 Å². The number of aromatic nitrogens is 1. The van der Waals surface area contributed by atoms with Gasteiger partial charge in [-0.2, -0.15) is 0 Å². The molecule has 0 saturated carbocycles. The average molecular weight is 729 g/mol. The summed E-state index contributed by atoms with van der Waals surface area (Å²) in [5, 5.41) is 4.79. The normalized spacial score (nSPS) is 11.5. The number of nitrogens with zero attached hydrogens (tertiary/aromatic N) is 2. The minimum absolute atomic E-state index is 0.892. The smallest absolute Gasteiger partial charge is 0.136 e. The van der Waals surface area contributed by atoms with Crippen LogP contribution in [0.15, 0.2) is 223 Å². The van der Waals surface area contributed by atoms with Gasteiger partial charge in [-0.25, -0.2) is 0 Å². The van der Waals surface area contributed by atoms with Crippen molar-refractivity contribution in [3.8, 4) is 39.1 Å². The molecule has 3 nitrogen and oxygen atoms in total. The van der Waals surface area contributed by atoms with Gasteiger partial charge >= 0.3 is 0 Å². The van der Waals surface area contributed by atoms with E-state index < -0.39 is 0 Å². The third-order valence-electron chi connectivity index (χ3n) is 11.2. The molecule has 0 bridgehead atoms. The lowest BCUT2D eigenvalue weighted by molar-refractivity contribution is 0.669. The number of fused-ring (bicyclic) bond motifs is 6. The lowest BCUT2D eigenvalue weighted by Crippen LogP contribution is -2.11. The first-order valence-electron chi connectivity index (χ1n) is 19.4. The van der Waals surface area contributed by atoms with Crippen LogP contribution in [0.3, 0.4) is 0 Å². The highest BCUT2D eigenvalue weighted by molar-refractivity contribution is 6.09. The molecule has 2 heterocycles. The molecule has 0 atom stereocenters. The van der Waals surface area contributed by atoms with E-state index in [4.69, 9.17) is 4.42 Å². The number of hydrogen-bond donors (Lipinski definition) is 0. The van der Waals surface area contributed by atoms with E-state index in [0.717, 1.165) is 66.9 Å². The molecule has 268 valence electrons. The van der Waals surface area contributed by atoms with E-state index in [1.165, 1.54) is 32.9 Å². The molecule has 0 aliphatic carbocycles. The Hall–Kier alpha value is -7.62. The number of benzene rings is 9. The van der Waals surface area contributed by atoms with Crippen molar-refractivity contribution in [2.24, 2.45) is 0 Å². The zero-order chi connectivity index (χ0) is 37.7. The summed E-state index contributed by atoms with van der Waals surface area (Å²) < 4.78 is 8.68. The molecule has 9 aromatic carbocycles. The van der Waals surface area contributed by atoms with Crippen molar-refractivity contribution < 1.29 is 4.42 Å². The topological polar surface area (TPSA) is 21.3 Å². The molecule has 0 fully saturated rings. The zero-order valence-electron chi connectivity index (χ0n) is 31.1. The molecule has 2 aromatic heterocycles. The zero-order valence-corrected chi connectivity index (χ0v) is 31.1. The second kappa shape index (κ2) is 13.6. The number of para-hydroxylation sites is 4. The summed E-state index contributed by atoms with van der Waals surface area (Å²) in [4.78, 5) is 2.38. The van der Waals surface area contributed by atoms with Gasteiger partial charge in [-0.05, 0) is 101 Å². The second-order valence-electron chi connectivity index (χ2n) is 14.5. The highest BCUT2D eigenvalue weighted by atomic mass is 16.3. The maximum absolute atomic E-state index is 6.30. The average Bonchev–Trinajstić information content (AvgIpc) is 3.83. The lowest BCUT2D eigenvalue weighted by atomic mass is 9.99. The summed E-state index contributed by atoms with van der Waals surface area (Å²) in [5.74, 6) is 0. The van der Waals surface area contributed by atoms with Crippen LogP contribution in [0.25, 0.3) is 82.8 Å². The monoisotopic (exact) mass is 728 g/mol. The molecule has 0 radical (unpaired) electrons. The standard InChI is InChI=1S/C54H36N2O/c1-2-14-38(15-3-1)45-20-4-8-24-50(45)55(43-18-13-17-40(35-43)41-30-33-49-48-23-7-11-27-53(48)57-54(49)36-41)42-31-28-37(29-32-42)39-16-12-19-44(34-39)56-51-25-9-5-21-46(51)47-22-6-10-26-52(47)56/h1-36H. The number of rotatable bonds is 7. The van der Waals surface area contributed by atoms with E-state index in [9.17, 15) is 0 Å². The van der Waals surface area contributed by atoms with Gasteiger partial charge in [-0.3, -0.25) is 0 Å². The molecule has 3 heteroatoms. The van der Waals surface area contributed by atoms with Gasteiger partial charge in [0.2, 0.25) is 0 Å². The van der Waals surface area contributed by atoms with Crippen LogP contribution in [-0.2, 0) is 0 Å². The van der Waals surface area contributed by atoms with Crippen LogP contribution in [0.1, 0.15) is 0 Å². The van der Waals surface area contributed by atoms with E-state index in [-0.39, 0.29) is 0 Å². The van der Waals surface area contributed by atoms with Gasteiger partial charge in [0.05, 0.1) is 16.7 Å². The van der Waals surface area contributed by atoms with Gasteiger partial charge in [-0.1, -0.05) is 146 Å². The van der Waals surface area contributed by atoms with Crippen LogP contribution in [0.5, 0.6) is 0 Å². The predicted molar refractivity (Wildman–Crippen MR) is 239 cm³/mol. The van der Waals surface area contributed by atoms with Crippen molar-refractivity contribution >= 4 is 60.8 Å². The Balaban J connectivity index is 1.02. The van der Waals surface area contributed by atoms with E-state index in [1.54, 1.807) is 0 Å². The van der Waals surface area contributed by atoms with E-state index >= 15 is 0 Å². The first-order chi connectivity index (χ1) is 28.3. The summed E-state index contributed by atoms with van der Waals surface area (Å²) in [6.07, 6.45) is 0. The molecule has 11 rings (SSSR count). The highest BCUT2D eigenvalue weighted by Crippen LogP contribution is 2.43. The minimum atomic E-state index is 0.892. The van der Waals surface area contributed by atoms with Crippen LogP contribution in [0, 0.1) is 0 Å². The van der Waals surface area contributed by atoms with E-state index in [2.05, 4.69) is 216 Å². The maximum Gasteiger partial charge on any atom is 0.136 e. The molecule has 57 heavy (non-hydrogen) atoms. The molecule has 0 N–H and O–H groups in total. The Labute approximate surface area is 330 Å². The largest absolute Gasteiger partial charge is 0.456 e. The third-order valence-corrected chi connectivity index (χ3v) is 11.2. The SMILES string of the molecule is c1ccc(-c2ccccc2N(c2ccc(-c3cccc(-n4c5ccccc5c5ccccc54)c3)cc2)c2cccc(-c3ccc4c(c3)oc3ccccc34)c2)cc1. The van der Waals surface area contributed by atoms with E-state index in [1.807, 2.05) is 12.1 Å². The van der Waals surface area contributed by atoms with Crippen LogP contribution in [0.2, 0.25) is 0 Å². The van der Waals surface area contributed by atoms with Crippen molar-refractivity contribution in [2.45, 2.75) is 0 Å². The van der Waals surface area contributed by atoms with Crippen molar-refractivity contribution in [3.63, 3.8) is 0 Å². The summed E-state index contributed by atoms with van der Waals surface area (Å²) in [7, 11) is 0. The fraction of sp³-hybridized carbons (Fsp3) is 0. The summed E-state index contributed by atoms with van der Waals surface area (Å²) in [6.45, 7) is 0. The van der Waals surface area contributed by atoms with Gasteiger partial charge in [0.15, 0.2) is 0 Å². The van der Waals surface area contributed by atoms with Crippen LogP contribution in [0.4, 0.5) is 17.1 Å². The fourth-order valence-corrected chi connectivity index (χ4v) is 8.52. The van der Waals surface area contributed by atoms with Gasteiger partial charge in [0.25, 0.3) is 0 Å². The molecule has 0 aliphatic rings. The lowest BCUT2D eigenvalue weighted by Gasteiger charge is -2.28. The predicted octanol–water partition coefficient (Wildman–Crippen LogP) is 15.2. The fourth-order valence-electron chi connectivity index (χ4n) is 8.52. The van der Waals surface area contributed by atoms with Gasteiger partial charge in [-0.15, -0.1) is 0 Å². The quantitative estimate of drug-likeness (QED) is 0.163. The van der Waals surface area contributed by atoms with Gasteiger partial charge < -0.3 is 13.9 Å². The Morgan fingerprint density at radius 3 is 1.70 bits per heavy atom. The molecular weight excluding hydrogens is 693 g/mol. The van der Waals surface area contributed by atoms with Gasteiger partial charge in [0.1, 0.15) is 11.2 Å². The first kappa shape index (κ1) is 32.8. The molecule has 11 aromatic rings. The maximum atomic E-state index is 6.30. The molecular formula is C54H36N2O. The van der Waals surface area contributed by atoms with Crippen molar-refractivity contribution in [3.05, 3.63) is 218 Å². The van der Waals surface area contributed by atoms with Crippen LogP contribution >= 0.6 is 0 Å². The van der Waals surface area contributed by atoms with E-state index in [0.29, 0.717) is 0 Å². The Morgan fingerprint density at radius 1 is 0.333 bits per heavy atom. The van der Waals surface area contributed by atoms with Gasteiger partial charge in [0, 0.05) is 44.2 Å². The van der Waals surface area contributed by atoms with Crippen molar-refractivity contribution in [2.75, 3.05) is 4.90 Å². The third kappa shape index (κ3) is 5.68. The minimum Gasteiger partial charge on any atom is -0.456 e. The summed E-state index contributed by atoms with van der Waals surface area (Å²) in [6, 6.07) is 78.2. The first-order valence-corrected chi connectivity index (χ1v) is 19.4. The highest BCUT2D eigenvalue weighted by Gasteiger charge is 2.19. The molecule has 0 saturated heterocycles. The Kier molecular flexibility index (Phi) is 7.82. The second-order valence-corrected chi connectivity index (χ2v) is 14.5.